The molecule has 0 spiro atoms. The Bertz CT molecular complexity index is 2780. The van der Waals surface area contributed by atoms with Crippen molar-refractivity contribution in [3.05, 3.63) is 209 Å². The van der Waals surface area contributed by atoms with Gasteiger partial charge in [-0.05, 0) is 88.0 Å². The second-order valence-corrected chi connectivity index (χ2v) is 14.7. The number of hydrogen-bond donors (Lipinski definition) is 0. The van der Waals surface area contributed by atoms with E-state index in [0.29, 0.717) is 23.0 Å². The van der Waals surface area contributed by atoms with E-state index in [1.165, 1.54) is 22.3 Å². The van der Waals surface area contributed by atoms with E-state index in [1.54, 1.807) is 12.1 Å². The minimum atomic E-state index is -0.685. The van der Waals surface area contributed by atoms with Crippen molar-refractivity contribution in [2.24, 2.45) is 0 Å². The third-order valence-electron chi connectivity index (χ3n) is 11.3. The van der Waals surface area contributed by atoms with Gasteiger partial charge in [0.1, 0.15) is 11.5 Å². The smallest absolute Gasteiger partial charge is 0.164 e. The summed E-state index contributed by atoms with van der Waals surface area (Å²) in [5.41, 5.74) is 11.6. The summed E-state index contributed by atoms with van der Waals surface area (Å²) in [5.74, 6) is 3.25. The van der Waals surface area contributed by atoms with Crippen LogP contribution < -0.4 is 4.74 Å². The standard InChI is InChI=1S/C50H34N4O/c1-49(2)40-18-10-9-17-38(40)39-27-25-34(29-42(39)49)47-52-46(33-23-21-32(31-51)22-24-33)53-48(54-47)35-26-28-45-43(30-35)50(36-13-5-3-6-14-36,37-15-7-4-8-16-37)41-19-11-12-20-44(41)55-45/h3-30H,1-2H3. The molecule has 0 saturated heterocycles. The summed E-state index contributed by atoms with van der Waals surface area (Å²) in [6.07, 6.45) is 0. The zero-order valence-corrected chi connectivity index (χ0v) is 30.4. The van der Waals surface area contributed by atoms with Crippen molar-refractivity contribution in [3.8, 4) is 62.9 Å². The van der Waals surface area contributed by atoms with Crippen LogP contribution in [-0.4, -0.2) is 15.0 Å². The van der Waals surface area contributed by atoms with E-state index in [4.69, 9.17) is 19.7 Å². The lowest BCUT2D eigenvalue weighted by molar-refractivity contribution is 0.434. The highest BCUT2D eigenvalue weighted by Crippen LogP contribution is 2.56. The number of nitriles is 1. The van der Waals surface area contributed by atoms with Crippen LogP contribution in [0.25, 0.3) is 45.3 Å². The molecule has 5 heteroatoms. The quantitative estimate of drug-likeness (QED) is 0.178. The summed E-state index contributed by atoms with van der Waals surface area (Å²) in [6.45, 7) is 4.56. The predicted octanol–water partition coefficient (Wildman–Crippen LogP) is 11.5. The summed E-state index contributed by atoms with van der Waals surface area (Å²) in [5, 5.41) is 9.53. The van der Waals surface area contributed by atoms with E-state index in [0.717, 1.165) is 50.4 Å². The van der Waals surface area contributed by atoms with Crippen molar-refractivity contribution >= 4 is 0 Å². The van der Waals surface area contributed by atoms with Gasteiger partial charge in [-0.2, -0.15) is 5.26 Å². The lowest BCUT2D eigenvalue weighted by atomic mass is 9.63. The molecule has 1 aliphatic heterocycles. The number of para-hydroxylation sites is 1. The van der Waals surface area contributed by atoms with Crippen LogP contribution in [0.5, 0.6) is 11.5 Å². The molecule has 2 heterocycles. The molecule has 0 saturated carbocycles. The van der Waals surface area contributed by atoms with Crippen LogP contribution in [0.3, 0.4) is 0 Å². The van der Waals surface area contributed by atoms with Gasteiger partial charge in [0.15, 0.2) is 17.5 Å². The highest BCUT2D eigenvalue weighted by atomic mass is 16.5. The minimum Gasteiger partial charge on any atom is -0.457 e. The summed E-state index contributed by atoms with van der Waals surface area (Å²) >= 11 is 0. The number of benzene rings is 7. The van der Waals surface area contributed by atoms with Gasteiger partial charge in [-0.15, -0.1) is 0 Å². The first kappa shape index (κ1) is 32.5. The lowest BCUT2D eigenvalue weighted by Gasteiger charge is -2.41. The van der Waals surface area contributed by atoms with Crippen LogP contribution >= 0.6 is 0 Å². The summed E-state index contributed by atoms with van der Waals surface area (Å²) in [6, 6.07) is 60.7. The highest BCUT2D eigenvalue weighted by Gasteiger charge is 2.45. The zero-order chi connectivity index (χ0) is 37.1. The first-order valence-electron chi connectivity index (χ1n) is 18.5. The van der Waals surface area contributed by atoms with E-state index in [9.17, 15) is 5.26 Å². The third kappa shape index (κ3) is 5.03. The SMILES string of the molecule is CC1(C)c2ccccc2-c2ccc(-c3nc(-c4ccc(C#N)cc4)nc(-c4ccc5c(c4)C(c4ccccc4)(c4ccccc4)c4ccccc4O5)n3)cc21. The molecule has 0 atom stereocenters. The van der Waals surface area contributed by atoms with Gasteiger partial charge >= 0.3 is 0 Å². The van der Waals surface area contributed by atoms with Gasteiger partial charge in [-0.25, -0.2) is 15.0 Å². The molecule has 0 unspecified atom stereocenters. The molecule has 10 rings (SSSR count). The average Bonchev–Trinajstić information content (AvgIpc) is 3.48. The molecule has 5 nitrogen and oxygen atoms in total. The average molecular weight is 707 g/mol. The number of fused-ring (bicyclic) bond motifs is 5. The van der Waals surface area contributed by atoms with E-state index in [-0.39, 0.29) is 5.41 Å². The molecule has 0 fully saturated rings. The Morgan fingerprint density at radius 1 is 0.455 bits per heavy atom. The van der Waals surface area contributed by atoms with Gasteiger partial charge in [0.25, 0.3) is 0 Å². The Morgan fingerprint density at radius 3 is 1.60 bits per heavy atom. The van der Waals surface area contributed by atoms with Gasteiger partial charge in [-0.1, -0.05) is 129 Å². The monoisotopic (exact) mass is 706 g/mol. The minimum absolute atomic E-state index is 0.180. The summed E-state index contributed by atoms with van der Waals surface area (Å²) < 4.78 is 6.68. The summed E-state index contributed by atoms with van der Waals surface area (Å²) in [7, 11) is 0. The first-order chi connectivity index (χ1) is 26.9. The number of nitrogens with zero attached hydrogens (tertiary/aromatic N) is 4. The van der Waals surface area contributed by atoms with Crippen molar-refractivity contribution in [2.45, 2.75) is 24.7 Å². The van der Waals surface area contributed by atoms with Gasteiger partial charge in [0.2, 0.25) is 0 Å². The van der Waals surface area contributed by atoms with Crippen molar-refractivity contribution in [1.82, 2.24) is 15.0 Å². The molecule has 0 bridgehead atoms. The number of ether oxygens (including phenoxy) is 1. The fraction of sp³-hybridized carbons (Fsp3) is 0.0800. The molecule has 260 valence electrons. The normalized spacial score (nSPS) is 14.1. The fourth-order valence-corrected chi connectivity index (χ4v) is 8.65. The number of rotatable bonds is 5. The second kappa shape index (κ2) is 12.5. The Morgan fingerprint density at radius 2 is 0.945 bits per heavy atom. The molecule has 7 aromatic carbocycles. The Balaban J connectivity index is 1.20. The molecule has 0 N–H and O–H groups in total. The van der Waals surface area contributed by atoms with Crippen molar-refractivity contribution in [1.29, 1.82) is 5.26 Å². The van der Waals surface area contributed by atoms with E-state index < -0.39 is 5.41 Å². The van der Waals surface area contributed by atoms with Gasteiger partial charge in [0, 0.05) is 33.2 Å². The van der Waals surface area contributed by atoms with E-state index in [1.807, 2.05) is 36.4 Å². The molecular formula is C50H34N4O. The predicted molar refractivity (Wildman–Crippen MR) is 217 cm³/mol. The molecule has 1 aromatic heterocycles. The molecule has 0 radical (unpaired) electrons. The Hall–Kier alpha value is -7.16. The number of aromatic nitrogens is 3. The third-order valence-corrected chi connectivity index (χ3v) is 11.3. The van der Waals surface area contributed by atoms with Crippen LogP contribution in [0.4, 0.5) is 0 Å². The maximum atomic E-state index is 9.53. The fourth-order valence-electron chi connectivity index (χ4n) is 8.65. The number of hydrogen-bond acceptors (Lipinski definition) is 5. The highest BCUT2D eigenvalue weighted by molar-refractivity contribution is 5.83. The molecule has 1 aliphatic carbocycles. The van der Waals surface area contributed by atoms with Crippen LogP contribution in [0.2, 0.25) is 0 Å². The van der Waals surface area contributed by atoms with Crippen molar-refractivity contribution in [3.63, 3.8) is 0 Å². The Labute approximate surface area is 320 Å². The van der Waals surface area contributed by atoms with Gasteiger partial charge < -0.3 is 4.74 Å². The molecular weight excluding hydrogens is 673 g/mol. The van der Waals surface area contributed by atoms with Crippen molar-refractivity contribution < 1.29 is 4.74 Å². The lowest BCUT2D eigenvalue weighted by Crippen LogP contribution is -2.34. The largest absolute Gasteiger partial charge is 0.457 e. The maximum absolute atomic E-state index is 9.53. The van der Waals surface area contributed by atoms with Crippen LogP contribution in [0.1, 0.15) is 52.8 Å². The second-order valence-electron chi connectivity index (χ2n) is 14.7. The zero-order valence-electron chi connectivity index (χ0n) is 30.4. The van der Waals surface area contributed by atoms with Crippen LogP contribution in [-0.2, 0) is 10.8 Å². The van der Waals surface area contributed by atoms with E-state index >= 15 is 0 Å². The molecule has 2 aliphatic rings. The van der Waals surface area contributed by atoms with Gasteiger partial charge in [0.05, 0.1) is 17.0 Å². The molecule has 8 aromatic rings. The Kier molecular flexibility index (Phi) is 7.37. The topological polar surface area (TPSA) is 71.7 Å². The van der Waals surface area contributed by atoms with Crippen molar-refractivity contribution in [2.75, 3.05) is 0 Å². The van der Waals surface area contributed by atoms with Crippen LogP contribution in [0.15, 0.2) is 170 Å². The van der Waals surface area contributed by atoms with E-state index in [2.05, 4.69) is 141 Å². The molecule has 0 amide bonds. The summed E-state index contributed by atoms with van der Waals surface area (Å²) in [4.78, 5) is 15.4. The molecule has 55 heavy (non-hydrogen) atoms. The maximum Gasteiger partial charge on any atom is 0.164 e. The first-order valence-corrected chi connectivity index (χ1v) is 18.5. The van der Waals surface area contributed by atoms with Gasteiger partial charge in [-0.3, -0.25) is 0 Å². The van der Waals surface area contributed by atoms with Crippen LogP contribution in [0, 0.1) is 11.3 Å².